The van der Waals surface area contributed by atoms with Crippen molar-refractivity contribution in [2.75, 3.05) is 12.4 Å². The summed E-state index contributed by atoms with van der Waals surface area (Å²) in [6.07, 6.45) is 0. The molecule has 0 heterocycles. The molecule has 2 aromatic rings. The van der Waals surface area contributed by atoms with Gasteiger partial charge < -0.3 is 10.1 Å². The fourth-order valence-electron chi connectivity index (χ4n) is 2.03. The van der Waals surface area contributed by atoms with Gasteiger partial charge in [0, 0.05) is 15.1 Å². The molecule has 2 nitrogen and oxygen atoms in total. The Hall–Kier alpha value is -0.610. The Morgan fingerprint density at radius 2 is 1.81 bits per heavy atom. The number of hydrogen-bond acceptors (Lipinski definition) is 2. The average molecular weight is 410 g/mol. The minimum absolute atomic E-state index is 0.0598. The monoisotopic (exact) mass is 407 g/mol. The zero-order valence-corrected chi connectivity index (χ0v) is 15.2. The quantitative estimate of drug-likeness (QED) is 0.615. The maximum Gasteiger partial charge on any atom is 0.156 e. The summed E-state index contributed by atoms with van der Waals surface area (Å²) in [5, 5.41) is 5.24. The first-order chi connectivity index (χ1) is 9.92. The van der Waals surface area contributed by atoms with Crippen molar-refractivity contribution in [3.63, 3.8) is 0 Å². The van der Waals surface area contributed by atoms with E-state index < -0.39 is 0 Å². The van der Waals surface area contributed by atoms with Gasteiger partial charge >= 0.3 is 0 Å². The summed E-state index contributed by atoms with van der Waals surface area (Å²) in [6.45, 7) is 1.99. The number of nitrogens with one attached hydrogen (secondary N) is 1. The topological polar surface area (TPSA) is 21.3 Å². The minimum atomic E-state index is -0.0598. The van der Waals surface area contributed by atoms with E-state index in [1.54, 1.807) is 31.4 Å². The first kappa shape index (κ1) is 16.8. The molecule has 21 heavy (non-hydrogen) atoms. The molecule has 0 aliphatic rings. The molecule has 1 unspecified atom stereocenters. The number of rotatable bonds is 4. The van der Waals surface area contributed by atoms with Gasteiger partial charge in [-0.1, -0.05) is 34.8 Å². The van der Waals surface area contributed by atoms with Gasteiger partial charge in [0.2, 0.25) is 0 Å². The molecule has 0 aliphatic carbocycles. The predicted octanol–water partition coefficient (Wildman–Crippen LogP) is 6.59. The lowest BCUT2D eigenvalue weighted by Gasteiger charge is -2.20. The first-order valence-corrected chi connectivity index (χ1v) is 8.09. The highest BCUT2D eigenvalue weighted by atomic mass is 79.9. The highest BCUT2D eigenvalue weighted by molar-refractivity contribution is 9.10. The van der Waals surface area contributed by atoms with Crippen molar-refractivity contribution in [3.05, 3.63) is 55.4 Å². The van der Waals surface area contributed by atoms with Crippen molar-refractivity contribution in [2.45, 2.75) is 13.0 Å². The second kappa shape index (κ2) is 7.10. The molecule has 0 aliphatic heterocycles. The summed E-state index contributed by atoms with van der Waals surface area (Å²) in [4.78, 5) is 0. The van der Waals surface area contributed by atoms with Crippen molar-refractivity contribution < 1.29 is 4.74 Å². The zero-order chi connectivity index (χ0) is 15.6. The van der Waals surface area contributed by atoms with Crippen LogP contribution in [0.15, 0.2) is 34.8 Å². The van der Waals surface area contributed by atoms with Crippen LogP contribution in [0.3, 0.4) is 0 Å². The number of ether oxygens (including phenoxy) is 1. The molecule has 1 atom stereocenters. The van der Waals surface area contributed by atoms with Crippen LogP contribution in [0, 0.1) is 0 Å². The highest BCUT2D eigenvalue weighted by Gasteiger charge is 2.15. The molecule has 0 spiro atoms. The van der Waals surface area contributed by atoms with Crippen molar-refractivity contribution in [1.82, 2.24) is 0 Å². The lowest BCUT2D eigenvalue weighted by molar-refractivity contribution is 0.413. The summed E-state index contributed by atoms with van der Waals surface area (Å²) < 4.78 is 6.18. The van der Waals surface area contributed by atoms with E-state index in [2.05, 4.69) is 21.2 Å². The number of benzene rings is 2. The van der Waals surface area contributed by atoms with Gasteiger partial charge in [-0.2, -0.15) is 0 Å². The van der Waals surface area contributed by atoms with Gasteiger partial charge in [0.1, 0.15) is 0 Å². The fraction of sp³-hybridized carbons (Fsp3) is 0.200. The lowest BCUT2D eigenvalue weighted by Crippen LogP contribution is -2.08. The highest BCUT2D eigenvalue weighted by Crippen LogP contribution is 2.38. The summed E-state index contributed by atoms with van der Waals surface area (Å²) in [5.41, 5.74) is 1.68. The Bertz CT molecular complexity index is 664. The van der Waals surface area contributed by atoms with Gasteiger partial charge in [0.25, 0.3) is 0 Å². The van der Waals surface area contributed by atoms with Crippen LogP contribution in [0.25, 0.3) is 0 Å². The molecule has 1 N–H and O–H groups in total. The largest absolute Gasteiger partial charge is 0.493 e. The van der Waals surface area contributed by atoms with E-state index in [1.807, 2.05) is 13.0 Å². The maximum atomic E-state index is 6.23. The average Bonchev–Trinajstić information content (AvgIpc) is 2.41. The molecular formula is C15H13BrCl3NO. The summed E-state index contributed by atoms with van der Waals surface area (Å²) in [6, 6.07) is 8.91. The van der Waals surface area contributed by atoms with Gasteiger partial charge in [-0.05, 0) is 58.7 Å². The smallest absolute Gasteiger partial charge is 0.156 e. The molecule has 0 saturated heterocycles. The van der Waals surface area contributed by atoms with E-state index in [0.29, 0.717) is 20.8 Å². The van der Waals surface area contributed by atoms with Gasteiger partial charge in [0.15, 0.2) is 5.75 Å². The van der Waals surface area contributed by atoms with Crippen LogP contribution in [0.5, 0.6) is 5.75 Å². The fourth-order valence-corrected chi connectivity index (χ4v) is 3.47. The molecule has 0 saturated carbocycles. The van der Waals surface area contributed by atoms with Crippen molar-refractivity contribution in [1.29, 1.82) is 0 Å². The van der Waals surface area contributed by atoms with Crippen LogP contribution < -0.4 is 10.1 Å². The lowest BCUT2D eigenvalue weighted by atomic mass is 10.1. The van der Waals surface area contributed by atoms with Crippen LogP contribution in [0.1, 0.15) is 18.5 Å². The molecule has 0 bridgehead atoms. The Labute approximate surface area is 147 Å². The normalized spacial score (nSPS) is 12.1. The Balaban J connectivity index is 2.35. The van der Waals surface area contributed by atoms with Gasteiger partial charge in [-0.25, -0.2) is 0 Å². The Morgan fingerprint density at radius 1 is 1.10 bits per heavy atom. The van der Waals surface area contributed by atoms with Crippen LogP contribution in [0.4, 0.5) is 5.69 Å². The van der Waals surface area contributed by atoms with Crippen LogP contribution in [-0.4, -0.2) is 7.11 Å². The van der Waals surface area contributed by atoms with Crippen LogP contribution in [-0.2, 0) is 0 Å². The third-order valence-corrected chi connectivity index (χ3v) is 4.40. The van der Waals surface area contributed by atoms with E-state index in [4.69, 9.17) is 39.5 Å². The predicted molar refractivity (Wildman–Crippen MR) is 94.2 cm³/mol. The second-order valence-electron chi connectivity index (χ2n) is 4.50. The number of anilines is 1. The molecule has 2 rings (SSSR count). The van der Waals surface area contributed by atoms with E-state index in [0.717, 1.165) is 15.7 Å². The van der Waals surface area contributed by atoms with Gasteiger partial charge in [0.05, 0.1) is 23.3 Å². The molecule has 6 heteroatoms. The van der Waals surface area contributed by atoms with Gasteiger partial charge in [-0.3, -0.25) is 0 Å². The molecule has 2 aromatic carbocycles. The van der Waals surface area contributed by atoms with Crippen molar-refractivity contribution in [3.8, 4) is 5.75 Å². The number of hydrogen-bond donors (Lipinski definition) is 1. The van der Waals surface area contributed by atoms with E-state index >= 15 is 0 Å². The van der Waals surface area contributed by atoms with Crippen LogP contribution in [0.2, 0.25) is 15.1 Å². The van der Waals surface area contributed by atoms with E-state index in [1.165, 1.54) is 0 Å². The van der Waals surface area contributed by atoms with Crippen molar-refractivity contribution >= 4 is 56.4 Å². The van der Waals surface area contributed by atoms with E-state index in [9.17, 15) is 0 Å². The first-order valence-electron chi connectivity index (χ1n) is 6.17. The molecular weight excluding hydrogens is 396 g/mol. The van der Waals surface area contributed by atoms with Crippen LogP contribution >= 0.6 is 50.7 Å². The molecule has 0 radical (unpaired) electrons. The summed E-state index contributed by atoms with van der Waals surface area (Å²) in [7, 11) is 1.61. The minimum Gasteiger partial charge on any atom is -0.493 e. The Kier molecular flexibility index (Phi) is 5.67. The molecule has 0 aromatic heterocycles. The van der Waals surface area contributed by atoms with Gasteiger partial charge in [-0.15, -0.1) is 0 Å². The third kappa shape index (κ3) is 3.98. The molecule has 0 fully saturated rings. The Morgan fingerprint density at radius 3 is 2.48 bits per heavy atom. The second-order valence-corrected chi connectivity index (χ2v) is 6.63. The molecule has 112 valence electrons. The van der Waals surface area contributed by atoms with E-state index in [-0.39, 0.29) is 6.04 Å². The van der Waals surface area contributed by atoms with Crippen molar-refractivity contribution in [2.24, 2.45) is 0 Å². The molecule has 0 amide bonds. The standard InChI is InChI=1S/C15H13BrCl3NO/c1-8(11-5-9(17)3-4-13(11)19)20-14-7-10(18)6-12(16)15(14)21-2/h3-8,20H,1-2H3. The number of halogens is 4. The number of methoxy groups -OCH3 is 1. The SMILES string of the molecule is COc1c(Br)cc(Cl)cc1NC(C)c1cc(Cl)ccc1Cl. The maximum absolute atomic E-state index is 6.23. The summed E-state index contributed by atoms with van der Waals surface area (Å²) in [5.74, 6) is 0.685. The third-order valence-electron chi connectivity index (χ3n) is 3.01. The zero-order valence-electron chi connectivity index (χ0n) is 11.4. The summed E-state index contributed by atoms with van der Waals surface area (Å²) >= 11 is 21.8.